The molecular formula is C13H17ClO4S. The highest BCUT2D eigenvalue weighted by Gasteiger charge is 2.28. The first kappa shape index (κ1) is 16.0. The monoisotopic (exact) mass is 304 g/mol. The van der Waals surface area contributed by atoms with Gasteiger partial charge >= 0.3 is 5.97 Å². The number of hydrogen-bond donors (Lipinski definition) is 1. The van der Waals surface area contributed by atoms with E-state index >= 15 is 0 Å². The zero-order valence-corrected chi connectivity index (χ0v) is 12.6. The predicted octanol–water partition coefficient (Wildman–Crippen LogP) is 2.71. The molecule has 2 unspecified atom stereocenters. The average molecular weight is 305 g/mol. The Balaban J connectivity index is 2.98. The number of ether oxygens (including phenoxy) is 1. The van der Waals surface area contributed by atoms with Crippen molar-refractivity contribution in [3.05, 3.63) is 28.8 Å². The number of rotatable bonds is 6. The van der Waals surface area contributed by atoms with E-state index in [2.05, 4.69) is 0 Å². The summed E-state index contributed by atoms with van der Waals surface area (Å²) >= 11 is 5.89. The molecule has 19 heavy (non-hydrogen) atoms. The largest absolute Gasteiger partial charge is 0.496 e. The van der Waals surface area contributed by atoms with Crippen LogP contribution in [0, 0.1) is 5.92 Å². The first-order valence-corrected chi connectivity index (χ1v) is 7.55. The molecule has 0 aliphatic heterocycles. The molecule has 0 fully saturated rings. The van der Waals surface area contributed by atoms with E-state index in [1.54, 1.807) is 32.0 Å². The van der Waals surface area contributed by atoms with Gasteiger partial charge in [0, 0.05) is 21.4 Å². The van der Waals surface area contributed by atoms with E-state index in [0.717, 1.165) is 0 Å². The summed E-state index contributed by atoms with van der Waals surface area (Å²) in [5, 5.41) is 8.73. The summed E-state index contributed by atoms with van der Waals surface area (Å²) in [6, 6.07) is 5.00. The lowest BCUT2D eigenvalue weighted by Gasteiger charge is -2.16. The lowest BCUT2D eigenvalue weighted by Crippen LogP contribution is -2.31. The molecule has 0 bridgehead atoms. The number of aliphatic carboxylic acids is 1. The Hall–Kier alpha value is -1.07. The molecule has 1 rings (SSSR count). The van der Waals surface area contributed by atoms with E-state index in [-0.39, 0.29) is 11.7 Å². The summed E-state index contributed by atoms with van der Waals surface area (Å²) in [7, 11) is -0.0206. The first-order valence-electron chi connectivity index (χ1n) is 5.79. The van der Waals surface area contributed by atoms with E-state index in [1.165, 1.54) is 7.11 Å². The summed E-state index contributed by atoms with van der Waals surface area (Å²) in [5.41, 5.74) is 0.653. The van der Waals surface area contributed by atoms with Gasteiger partial charge in [-0.2, -0.15) is 0 Å². The highest BCUT2D eigenvalue weighted by molar-refractivity contribution is 7.85. The molecular weight excluding hydrogens is 288 g/mol. The third kappa shape index (κ3) is 4.21. The van der Waals surface area contributed by atoms with Crippen LogP contribution in [0.5, 0.6) is 5.75 Å². The Labute approximate surface area is 120 Å². The van der Waals surface area contributed by atoms with Crippen LogP contribution in [-0.2, 0) is 21.3 Å². The second-order valence-electron chi connectivity index (χ2n) is 4.48. The summed E-state index contributed by atoms with van der Waals surface area (Å²) in [5.74, 6) is -0.581. The molecule has 0 saturated heterocycles. The second-order valence-corrected chi connectivity index (χ2v) is 6.48. The molecule has 6 heteroatoms. The molecule has 106 valence electrons. The van der Waals surface area contributed by atoms with Crippen molar-refractivity contribution in [1.82, 2.24) is 0 Å². The van der Waals surface area contributed by atoms with Crippen LogP contribution in [0.25, 0.3) is 0 Å². The number of carbonyl (C=O) groups is 1. The maximum atomic E-state index is 12.2. The van der Waals surface area contributed by atoms with E-state index in [0.29, 0.717) is 16.3 Å². The minimum absolute atomic E-state index is 0.110. The zero-order chi connectivity index (χ0) is 14.6. The Morgan fingerprint density at radius 3 is 2.58 bits per heavy atom. The number of carboxylic acids is 1. The number of halogens is 1. The van der Waals surface area contributed by atoms with Crippen molar-refractivity contribution in [2.75, 3.05) is 7.11 Å². The summed E-state index contributed by atoms with van der Waals surface area (Å²) in [4.78, 5) is 11.1. The Kier molecular flexibility index (Phi) is 5.82. The lowest BCUT2D eigenvalue weighted by atomic mass is 10.1. The van der Waals surface area contributed by atoms with E-state index < -0.39 is 22.0 Å². The maximum Gasteiger partial charge on any atom is 0.319 e. The van der Waals surface area contributed by atoms with Gasteiger partial charge in [-0.1, -0.05) is 25.4 Å². The highest BCUT2D eigenvalue weighted by Crippen LogP contribution is 2.25. The third-order valence-corrected chi connectivity index (χ3v) is 4.82. The van der Waals surface area contributed by atoms with Crippen LogP contribution in [0.2, 0.25) is 5.02 Å². The second kappa shape index (κ2) is 6.91. The van der Waals surface area contributed by atoms with Gasteiger partial charge in [-0.25, -0.2) is 0 Å². The van der Waals surface area contributed by atoms with Crippen molar-refractivity contribution >= 4 is 28.4 Å². The fraction of sp³-hybridized carbons (Fsp3) is 0.462. The van der Waals surface area contributed by atoms with E-state index in [9.17, 15) is 9.00 Å². The van der Waals surface area contributed by atoms with Gasteiger partial charge in [0.15, 0.2) is 0 Å². The average Bonchev–Trinajstić information content (AvgIpc) is 2.27. The maximum absolute atomic E-state index is 12.2. The number of hydrogen-bond acceptors (Lipinski definition) is 3. The molecule has 0 aromatic heterocycles. The molecule has 1 N–H and O–H groups in total. The molecule has 1 aromatic carbocycles. The van der Waals surface area contributed by atoms with Gasteiger partial charge in [0.25, 0.3) is 0 Å². The van der Waals surface area contributed by atoms with Crippen LogP contribution in [0.4, 0.5) is 0 Å². The Morgan fingerprint density at radius 2 is 2.11 bits per heavy atom. The quantitative estimate of drug-likeness (QED) is 0.877. The number of methoxy groups -OCH3 is 1. The third-order valence-electron chi connectivity index (χ3n) is 2.67. The van der Waals surface area contributed by atoms with Gasteiger partial charge in [-0.05, 0) is 24.1 Å². The molecule has 0 amide bonds. The van der Waals surface area contributed by atoms with Crippen molar-refractivity contribution in [3.8, 4) is 5.75 Å². The zero-order valence-electron chi connectivity index (χ0n) is 11.1. The minimum Gasteiger partial charge on any atom is -0.496 e. The molecule has 4 nitrogen and oxygen atoms in total. The predicted molar refractivity (Wildman–Crippen MR) is 76.1 cm³/mol. The van der Waals surface area contributed by atoms with Gasteiger partial charge in [-0.15, -0.1) is 0 Å². The number of benzene rings is 1. The van der Waals surface area contributed by atoms with Crippen LogP contribution < -0.4 is 4.74 Å². The van der Waals surface area contributed by atoms with Crippen LogP contribution in [-0.4, -0.2) is 27.6 Å². The van der Waals surface area contributed by atoms with Crippen LogP contribution >= 0.6 is 11.6 Å². The summed E-state index contributed by atoms with van der Waals surface area (Å²) in [6.07, 6.45) is 0. The smallest absolute Gasteiger partial charge is 0.319 e. The van der Waals surface area contributed by atoms with Gasteiger partial charge in [0.2, 0.25) is 0 Å². The van der Waals surface area contributed by atoms with Crippen molar-refractivity contribution in [2.24, 2.45) is 5.92 Å². The Morgan fingerprint density at radius 1 is 1.47 bits per heavy atom. The van der Waals surface area contributed by atoms with E-state index in [1.807, 2.05) is 0 Å². The van der Waals surface area contributed by atoms with Crippen molar-refractivity contribution in [3.63, 3.8) is 0 Å². The fourth-order valence-corrected chi connectivity index (χ4v) is 3.54. The summed E-state index contributed by atoms with van der Waals surface area (Å²) < 4.78 is 17.4. The molecule has 0 spiro atoms. The van der Waals surface area contributed by atoms with Gasteiger partial charge in [0.05, 0.1) is 12.9 Å². The van der Waals surface area contributed by atoms with Gasteiger partial charge in [-0.3, -0.25) is 9.00 Å². The molecule has 0 aliphatic rings. The van der Waals surface area contributed by atoms with Crippen LogP contribution in [0.1, 0.15) is 19.4 Å². The van der Waals surface area contributed by atoms with Crippen molar-refractivity contribution in [1.29, 1.82) is 0 Å². The summed E-state index contributed by atoms with van der Waals surface area (Å²) in [6.45, 7) is 3.48. The normalized spacial score (nSPS) is 14.2. The molecule has 0 aliphatic carbocycles. The Bertz CT molecular complexity index is 488. The van der Waals surface area contributed by atoms with Gasteiger partial charge in [0.1, 0.15) is 11.0 Å². The van der Waals surface area contributed by atoms with Crippen LogP contribution in [0.15, 0.2) is 18.2 Å². The fourth-order valence-electron chi connectivity index (χ4n) is 1.80. The molecule has 1 aromatic rings. The standard InChI is InChI=1S/C13H17ClO4S/c1-8(2)12(13(15)16)19(17)7-9-6-10(14)4-5-11(9)18-3/h4-6,8,12H,7H2,1-3H3,(H,15,16). The van der Waals surface area contributed by atoms with Crippen molar-refractivity contribution in [2.45, 2.75) is 24.9 Å². The molecule has 2 atom stereocenters. The molecule has 0 heterocycles. The van der Waals surface area contributed by atoms with Crippen molar-refractivity contribution < 1.29 is 18.8 Å². The highest BCUT2D eigenvalue weighted by atomic mass is 35.5. The topological polar surface area (TPSA) is 63.6 Å². The van der Waals surface area contributed by atoms with Crippen LogP contribution in [0.3, 0.4) is 0 Å². The lowest BCUT2D eigenvalue weighted by molar-refractivity contribution is -0.137. The number of carboxylic acid groups (broad SMARTS) is 1. The van der Waals surface area contributed by atoms with Gasteiger partial charge < -0.3 is 9.84 Å². The SMILES string of the molecule is COc1ccc(Cl)cc1CS(=O)C(C(=O)O)C(C)C. The molecule has 0 saturated carbocycles. The first-order chi connectivity index (χ1) is 8.86. The molecule has 0 radical (unpaired) electrons. The minimum atomic E-state index is -1.53. The van der Waals surface area contributed by atoms with E-state index in [4.69, 9.17) is 21.4 Å².